The average Bonchev–Trinajstić information content (AvgIpc) is 3.32. The SMILES string of the molecule is CCCCCCCCCCCCCCCCNC(CC(=O)OCC)[C@H]1O[C@@H]2OC(C)(C)O[C@@H]2[C@H]1OC. The molecule has 212 valence electrons. The Morgan fingerprint density at radius 3 is 1.94 bits per heavy atom. The molecule has 7 nitrogen and oxygen atoms in total. The minimum absolute atomic E-state index is 0.211. The molecule has 2 rings (SSSR count). The highest BCUT2D eigenvalue weighted by Gasteiger charge is 2.56. The van der Waals surface area contributed by atoms with Gasteiger partial charge in [0, 0.05) is 13.2 Å². The zero-order valence-electron chi connectivity index (χ0n) is 23.9. The summed E-state index contributed by atoms with van der Waals surface area (Å²) in [7, 11) is 1.66. The van der Waals surface area contributed by atoms with E-state index in [0.29, 0.717) is 6.61 Å². The smallest absolute Gasteiger partial charge is 0.307 e. The lowest BCUT2D eigenvalue weighted by Gasteiger charge is -2.30. The van der Waals surface area contributed by atoms with E-state index < -0.39 is 12.1 Å². The van der Waals surface area contributed by atoms with Crippen LogP contribution in [0.2, 0.25) is 0 Å². The maximum Gasteiger partial charge on any atom is 0.307 e. The summed E-state index contributed by atoms with van der Waals surface area (Å²) in [5, 5.41) is 3.55. The van der Waals surface area contributed by atoms with Crippen LogP contribution in [0.3, 0.4) is 0 Å². The summed E-state index contributed by atoms with van der Waals surface area (Å²) < 4.78 is 29.1. The third-order valence-corrected chi connectivity index (χ3v) is 7.32. The Bertz CT molecular complexity index is 586. The number of ether oxygens (including phenoxy) is 5. The maximum atomic E-state index is 12.3. The predicted molar refractivity (Wildman–Crippen MR) is 143 cm³/mol. The van der Waals surface area contributed by atoms with Crippen molar-refractivity contribution in [3.05, 3.63) is 0 Å². The van der Waals surface area contributed by atoms with E-state index in [-0.39, 0.29) is 36.7 Å². The molecule has 2 saturated heterocycles. The van der Waals surface area contributed by atoms with Crippen molar-refractivity contribution in [3.63, 3.8) is 0 Å². The zero-order chi connectivity index (χ0) is 26.2. The highest BCUT2D eigenvalue weighted by atomic mass is 16.8. The van der Waals surface area contributed by atoms with Gasteiger partial charge in [0.25, 0.3) is 0 Å². The second kappa shape index (κ2) is 17.7. The summed E-state index contributed by atoms with van der Waals surface area (Å²) in [6, 6.07) is -0.211. The van der Waals surface area contributed by atoms with Gasteiger partial charge in [0.15, 0.2) is 12.1 Å². The Morgan fingerprint density at radius 2 is 1.42 bits per heavy atom. The van der Waals surface area contributed by atoms with Gasteiger partial charge >= 0.3 is 5.97 Å². The van der Waals surface area contributed by atoms with Crippen LogP contribution in [-0.4, -0.2) is 62.7 Å². The summed E-state index contributed by atoms with van der Waals surface area (Å²) in [6.45, 7) is 9.06. The highest BCUT2D eigenvalue weighted by molar-refractivity contribution is 5.70. The first kappa shape index (κ1) is 31.5. The summed E-state index contributed by atoms with van der Waals surface area (Å²) >= 11 is 0. The van der Waals surface area contributed by atoms with E-state index in [1.54, 1.807) is 7.11 Å². The standard InChI is InChI=1S/C29H55NO6/c1-6-8-9-10-11-12-13-14-15-16-17-18-19-20-21-30-23(22-24(31)33-7-2)25-26(32-5)27-28(34-25)36-29(3,4)35-27/h23,25-28,30H,6-22H2,1-5H3/t23?,25-,26+,27-,28-/m1/s1. The number of hydrogen-bond acceptors (Lipinski definition) is 7. The van der Waals surface area contributed by atoms with E-state index in [9.17, 15) is 4.79 Å². The molecule has 5 atom stereocenters. The van der Waals surface area contributed by atoms with Gasteiger partial charge in [-0.2, -0.15) is 0 Å². The molecular weight excluding hydrogens is 458 g/mol. The Morgan fingerprint density at radius 1 is 0.861 bits per heavy atom. The lowest BCUT2D eigenvalue weighted by Crippen LogP contribution is -2.49. The van der Waals surface area contributed by atoms with E-state index in [0.717, 1.165) is 13.0 Å². The number of fused-ring (bicyclic) bond motifs is 1. The van der Waals surface area contributed by atoms with Crippen molar-refractivity contribution in [1.82, 2.24) is 5.32 Å². The van der Waals surface area contributed by atoms with Crippen molar-refractivity contribution >= 4 is 5.97 Å². The van der Waals surface area contributed by atoms with Crippen LogP contribution in [0.4, 0.5) is 0 Å². The number of esters is 1. The molecule has 0 saturated carbocycles. The number of unbranched alkanes of at least 4 members (excludes halogenated alkanes) is 13. The van der Waals surface area contributed by atoms with Gasteiger partial charge < -0.3 is 29.0 Å². The Kier molecular flexibility index (Phi) is 15.5. The van der Waals surface area contributed by atoms with Gasteiger partial charge in [-0.25, -0.2) is 0 Å². The summed E-state index contributed by atoms with van der Waals surface area (Å²) in [5.41, 5.74) is 0. The molecule has 0 aromatic carbocycles. The molecule has 1 unspecified atom stereocenters. The quantitative estimate of drug-likeness (QED) is 0.143. The molecule has 0 radical (unpaired) electrons. The molecule has 2 aliphatic heterocycles. The van der Waals surface area contributed by atoms with Gasteiger partial charge in [-0.3, -0.25) is 4.79 Å². The Labute approximate surface area is 220 Å². The van der Waals surface area contributed by atoms with E-state index >= 15 is 0 Å². The Balaban J connectivity index is 1.62. The predicted octanol–water partition coefficient (Wildman–Crippen LogP) is 6.27. The van der Waals surface area contributed by atoms with Crippen molar-refractivity contribution in [2.75, 3.05) is 20.3 Å². The van der Waals surface area contributed by atoms with Gasteiger partial charge in [-0.1, -0.05) is 90.4 Å². The molecule has 0 aromatic heterocycles. The fourth-order valence-electron chi connectivity index (χ4n) is 5.41. The minimum Gasteiger partial charge on any atom is -0.466 e. The average molecular weight is 514 g/mol. The number of hydrogen-bond donors (Lipinski definition) is 1. The first-order valence-electron chi connectivity index (χ1n) is 14.8. The van der Waals surface area contributed by atoms with Gasteiger partial charge in [0.2, 0.25) is 0 Å². The van der Waals surface area contributed by atoms with Gasteiger partial charge in [-0.15, -0.1) is 0 Å². The molecule has 0 aromatic rings. The molecule has 2 heterocycles. The van der Waals surface area contributed by atoms with E-state index in [4.69, 9.17) is 23.7 Å². The molecular formula is C29H55NO6. The number of carbonyl (C=O) groups excluding carboxylic acids is 1. The van der Waals surface area contributed by atoms with Crippen LogP contribution in [0, 0.1) is 0 Å². The minimum atomic E-state index is -0.699. The molecule has 0 bridgehead atoms. The first-order chi connectivity index (χ1) is 17.4. The Hall–Kier alpha value is -0.730. The molecule has 0 aliphatic carbocycles. The third kappa shape index (κ3) is 11.3. The number of rotatable bonds is 21. The number of carbonyl (C=O) groups is 1. The summed E-state index contributed by atoms with van der Waals surface area (Å²) in [5.74, 6) is -0.927. The molecule has 0 amide bonds. The van der Waals surface area contributed by atoms with Crippen LogP contribution in [-0.2, 0) is 28.5 Å². The van der Waals surface area contributed by atoms with Crippen molar-refractivity contribution in [2.24, 2.45) is 0 Å². The highest BCUT2D eigenvalue weighted by Crippen LogP contribution is 2.39. The topological polar surface area (TPSA) is 75.3 Å². The monoisotopic (exact) mass is 513 g/mol. The summed E-state index contributed by atoms with van der Waals surface area (Å²) in [4.78, 5) is 12.3. The fourth-order valence-corrected chi connectivity index (χ4v) is 5.41. The van der Waals surface area contributed by atoms with Crippen LogP contribution in [0.1, 0.15) is 124 Å². The van der Waals surface area contributed by atoms with Crippen molar-refractivity contribution in [2.45, 2.75) is 160 Å². The van der Waals surface area contributed by atoms with E-state index in [1.807, 2.05) is 20.8 Å². The van der Waals surface area contributed by atoms with Crippen LogP contribution < -0.4 is 5.32 Å². The normalized spacial score (nSPS) is 25.7. The first-order valence-corrected chi connectivity index (χ1v) is 14.8. The lowest BCUT2D eigenvalue weighted by molar-refractivity contribution is -0.220. The van der Waals surface area contributed by atoms with Gasteiger partial charge in [-0.05, 0) is 33.7 Å². The zero-order valence-corrected chi connectivity index (χ0v) is 23.9. The second-order valence-electron chi connectivity index (χ2n) is 10.9. The van der Waals surface area contributed by atoms with Gasteiger partial charge in [0.1, 0.15) is 18.3 Å². The van der Waals surface area contributed by atoms with Crippen molar-refractivity contribution in [3.8, 4) is 0 Å². The number of methoxy groups -OCH3 is 1. The molecule has 36 heavy (non-hydrogen) atoms. The lowest BCUT2D eigenvalue weighted by atomic mass is 10.00. The van der Waals surface area contributed by atoms with E-state index in [2.05, 4.69) is 12.2 Å². The number of nitrogens with one attached hydrogen (secondary N) is 1. The van der Waals surface area contributed by atoms with Crippen molar-refractivity contribution < 1.29 is 28.5 Å². The molecule has 1 N–H and O–H groups in total. The van der Waals surface area contributed by atoms with Crippen LogP contribution in [0.15, 0.2) is 0 Å². The van der Waals surface area contributed by atoms with Crippen molar-refractivity contribution in [1.29, 1.82) is 0 Å². The largest absolute Gasteiger partial charge is 0.466 e. The van der Waals surface area contributed by atoms with E-state index in [1.165, 1.54) is 83.5 Å². The second-order valence-corrected chi connectivity index (χ2v) is 10.9. The maximum absolute atomic E-state index is 12.3. The summed E-state index contributed by atoms with van der Waals surface area (Å²) in [6.07, 6.45) is 17.6. The molecule has 0 spiro atoms. The molecule has 7 heteroatoms. The third-order valence-electron chi connectivity index (χ3n) is 7.32. The molecule has 2 fully saturated rings. The van der Waals surface area contributed by atoms with Crippen LogP contribution >= 0.6 is 0 Å². The molecule has 2 aliphatic rings. The van der Waals surface area contributed by atoms with Gasteiger partial charge in [0.05, 0.1) is 13.0 Å². The van der Waals surface area contributed by atoms with Crippen LogP contribution in [0.25, 0.3) is 0 Å². The van der Waals surface area contributed by atoms with Crippen LogP contribution in [0.5, 0.6) is 0 Å². The fraction of sp³-hybridized carbons (Fsp3) is 0.966.